The normalized spacial score (nSPS) is 10.4. The molecule has 0 saturated heterocycles. The van der Waals surface area contributed by atoms with Gasteiger partial charge in [0, 0.05) is 10.9 Å². The molecule has 3 aromatic rings. The highest BCUT2D eigenvalue weighted by Crippen LogP contribution is 2.28. The van der Waals surface area contributed by atoms with Gasteiger partial charge in [-0.25, -0.2) is 0 Å². The largest absolute Gasteiger partial charge is 0.451 e. The number of ketones is 1. The number of nitriles is 1. The Hall–Kier alpha value is -2.38. The molecule has 0 aliphatic carbocycles. The molecule has 0 aliphatic rings. The fraction of sp³-hybridized carbons (Fsp3) is 0. The van der Waals surface area contributed by atoms with E-state index in [1.54, 1.807) is 30.3 Å². The van der Waals surface area contributed by atoms with Crippen LogP contribution in [0.5, 0.6) is 0 Å². The fourth-order valence-electron chi connectivity index (χ4n) is 2.01. The van der Waals surface area contributed by atoms with Crippen molar-refractivity contribution in [1.82, 2.24) is 0 Å². The third-order valence-electron chi connectivity index (χ3n) is 2.97. The number of para-hydroxylation sites is 1. The number of carbonyl (C=O) groups is 1. The van der Waals surface area contributed by atoms with Gasteiger partial charge in [-0.2, -0.15) is 5.26 Å². The van der Waals surface area contributed by atoms with Gasteiger partial charge in [0.1, 0.15) is 5.58 Å². The van der Waals surface area contributed by atoms with Gasteiger partial charge in [0.25, 0.3) is 0 Å². The summed E-state index contributed by atoms with van der Waals surface area (Å²) >= 11 is 3.39. The Kier molecular flexibility index (Phi) is 3.13. The average Bonchev–Trinajstić information content (AvgIpc) is 2.92. The highest BCUT2D eigenvalue weighted by Gasteiger charge is 2.16. The van der Waals surface area contributed by atoms with Crippen LogP contribution in [0.4, 0.5) is 0 Å². The van der Waals surface area contributed by atoms with Crippen molar-refractivity contribution in [3.63, 3.8) is 0 Å². The predicted octanol–water partition coefficient (Wildman–Crippen LogP) is 4.30. The van der Waals surface area contributed by atoms with Crippen molar-refractivity contribution in [2.45, 2.75) is 0 Å². The second kappa shape index (κ2) is 4.95. The molecule has 1 aromatic heterocycles. The van der Waals surface area contributed by atoms with E-state index in [0.29, 0.717) is 16.7 Å². The number of hydrogen-bond acceptors (Lipinski definition) is 3. The van der Waals surface area contributed by atoms with Crippen molar-refractivity contribution in [2.24, 2.45) is 0 Å². The van der Waals surface area contributed by atoms with Crippen molar-refractivity contribution in [3.05, 3.63) is 69.9 Å². The number of nitrogens with zero attached hydrogens (tertiary/aromatic N) is 1. The molecule has 0 aliphatic heterocycles. The van der Waals surface area contributed by atoms with Crippen molar-refractivity contribution in [1.29, 1.82) is 5.26 Å². The summed E-state index contributed by atoms with van der Waals surface area (Å²) in [5.74, 6) is 0.0344. The van der Waals surface area contributed by atoms with Crippen LogP contribution in [0.2, 0.25) is 0 Å². The summed E-state index contributed by atoms with van der Waals surface area (Å²) in [6.07, 6.45) is 0. The zero-order valence-electron chi connectivity index (χ0n) is 10.3. The van der Waals surface area contributed by atoms with E-state index in [0.717, 1.165) is 9.86 Å². The van der Waals surface area contributed by atoms with Crippen LogP contribution in [0, 0.1) is 11.3 Å². The van der Waals surface area contributed by atoms with E-state index in [4.69, 9.17) is 9.68 Å². The minimum atomic E-state index is -0.231. The van der Waals surface area contributed by atoms with Gasteiger partial charge in [0.15, 0.2) is 5.76 Å². The molecule has 0 N–H and O–H groups in total. The fourth-order valence-corrected chi connectivity index (χ4v) is 2.47. The van der Waals surface area contributed by atoms with Gasteiger partial charge in [0.2, 0.25) is 5.78 Å². The second-order valence-electron chi connectivity index (χ2n) is 4.29. The lowest BCUT2D eigenvalue weighted by Crippen LogP contribution is -1.99. The van der Waals surface area contributed by atoms with Crippen LogP contribution < -0.4 is 0 Å². The average molecular weight is 326 g/mol. The van der Waals surface area contributed by atoms with Crippen molar-refractivity contribution >= 4 is 32.7 Å². The summed E-state index contributed by atoms with van der Waals surface area (Å²) in [7, 11) is 0. The number of furan rings is 1. The maximum absolute atomic E-state index is 12.4. The van der Waals surface area contributed by atoms with E-state index in [1.807, 2.05) is 24.3 Å². The quantitative estimate of drug-likeness (QED) is 0.660. The zero-order chi connectivity index (χ0) is 14.1. The lowest BCUT2D eigenvalue weighted by atomic mass is 10.1. The number of hydrogen-bond donors (Lipinski definition) is 0. The molecule has 0 amide bonds. The molecule has 20 heavy (non-hydrogen) atoms. The third-order valence-corrected chi connectivity index (χ3v) is 3.60. The highest BCUT2D eigenvalue weighted by molar-refractivity contribution is 9.10. The summed E-state index contributed by atoms with van der Waals surface area (Å²) < 4.78 is 6.41. The summed E-state index contributed by atoms with van der Waals surface area (Å²) in [6.45, 7) is 0. The van der Waals surface area contributed by atoms with E-state index in [-0.39, 0.29) is 11.5 Å². The van der Waals surface area contributed by atoms with E-state index < -0.39 is 0 Å². The number of benzene rings is 2. The molecule has 3 nitrogen and oxygen atoms in total. The molecule has 0 unspecified atom stereocenters. The first-order chi connectivity index (χ1) is 9.69. The molecular formula is C16H8BrNO2. The summed E-state index contributed by atoms with van der Waals surface area (Å²) in [6, 6.07) is 15.9. The molecule has 0 fully saturated rings. The van der Waals surface area contributed by atoms with Gasteiger partial charge < -0.3 is 4.42 Å². The third kappa shape index (κ3) is 2.13. The van der Waals surface area contributed by atoms with Gasteiger partial charge in [0.05, 0.1) is 16.1 Å². The Bertz CT molecular complexity index is 858. The monoisotopic (exact) mass is 325 g/mol. The molecule has 4 heteroatoms. The van der Waals surface area contributed by atoms with E-state index in [9.17, 15) is 4.79 Å². The number of carbonyl (C=O) groups excluding carboxylic acids is 1. The number of rotatable bonds is 2. The predicted molar refractivity (Wildman–Crippen MR) is 78.5 cm³/mol. The van der Waals surface area contributed by atoms with Crippen molar-refractivity contribution in [3.8, 4) is 6.07 Å². The Morgan fingerprint density at radius 1 is 1.15 bits per heavy atom. The van der Waals surface area contributed by atoms with Crippen LogP contribution in [0.25, 0.3) is 11.0 Å². The van der Waals surface area contributed by atoms with Crippen LogP contribution in [0.3, 0.4) is 0 Å². The first kappa shape index (κ1) is 12.6. The van der Waals surface area contributed by atoms with Gasteiger partial charge in [-0.1, -0.05) is 24.3 Å². The lowest BCUT2D eigenvalue weighted by molar-refractivity contribution is 0.101. The molecule has 0 saturated carbocycles. The first-order valence-electron chi connectivity index (χ1n) is 5.92. The molecule has 0 bridgehead atoms. The SMILES string of the molecule is N#Cc1cccc(C(=O)c2cc3cccc(Br)c3o2)c1. The molecule has 1 heterocycles. The van der Waals surface area contributed by atoms with Crippen LogP contribution in [0.1, 0.15) is 21.7 Å². The highest BCUT2D eigenvalue weighted by atomic mass is 79.9. The molecule has 0 atom stereocenters. The lowest BCUT2D eigenvalue weighted by Gasteiger charge is -1.97. The first-order valence-corrected chi connectivity index (χ1v) is 6.71. The molecular weight excluding hydrogens is 318 g/mol. The summed E-state index contributed by atoms with van der Waals surface area (Å²) in [4.78, 5) is 12.4. The van der Waals surface area contributed by atoms with Crippen LogP contribution in [-0.4, -0.2) is 5.78 Å². The van der Waals surface area contributed by atoms with Crippen LogP contribution in [0.15, 0.2) is 57.4 Å². The van der Waals surface area contributed by atoms with Crippen LogP contribution in [-0.2, 0) is 0 Å². The Labute approximate surface area is 123 Å². The minimum absolute atomic E-state index is 0.231. The summed E-state index contributed by atoms with van der Waals surface area (Å²) in [5.41, 5.74) is 1.54. The van der Waals surface area contributed by atoms with Crippen molar-refractivity contribution < 1.29 is 9.21 Å². The summed E-state index contributed by atoms with van der Waals surface area (Å²) in [5, 5.41) is 9.73. The second-order valence-corrected chi connectivity index (χ2v) is 5.14. The molecule has 0 spiro atoms. The minimum Gasteiger partial charge on any atom is -0.451 e. The molecule has 3 rings (SSSR count). The smallest absolute Gasteiger partial charge is 0.228 e. The topological polar surface area (TPSA) is 54.0 Å². The molecule has 96 valence electrons. The van der Waals surface area contributed by atoms with E-state index >= 15 is 0 Å². The Morgan fingerprint density at radius 3 is 2.70 bits per heavy atom. The van der Waals surface area contributed by atoms with E-state index in [2.05, 4.69) is 15.9 Å². The Morgan fingerprint density at radius 2 is 1.95 bits per heavy atom. The van der Waals surface area contributed by atoms with Gasteiger partial charge in [-0.3, -0.25) is 4.79 Å². The Balaban J connectivity index is 2.08. The van der Waals surface area contributed by atoms with Crippen molar-refractivity contribution in [2.75, 3.05) is 0 Å². The maximum Gasteiger partial charge on any atom is 0.228 e. The standard InChI is InChI=1S/C16H8BrNO2/c17-13-6-2-5-12-8-14(20-16(12)13)15(19)11-4-1-3-10(7-11)9-18/h1-8H. The molecule has 2 aromatic carbocycles. The maximum atomic E-state index is 12.4. The number of halogens is 1. The van der Waals surface area contributed by atoms with Gasteiger partial charge in [-0.15, -0.1) is 0 Å². The number of fused-ring (bicyclic) bond motifs is 1. The molecule has 0 radical (unpaired) electrons. The van der Waals surface area contributed by atoms with Gasteiger partial charge >= 0.3 is 0 Å². The zero-order valence-corrected chi connectivity index (χ0v) is 11.8. The van der Waals surface area contributed by atoms with Gasteiger partial charge in [-0.05, 0) is 40.2 Å². The van der Waals surface area contributed by atoms with E-state index in [1.165, 1.54) is 0 Å². The van der Waals surface area contributed by atoms with Crippen LogP contribution >= 0.6 is 15.9 Å².